The van der Waals surface area contributed by atoms with Gasteiger partial charge in [-0.3, -0.25) is 4.79 Å². The number of hydrogen-bond acceptors (Lipinski definition) is 3. The highest BCUT2D eigenvalue weighted by atomic mass is 19.4. The van der Waals surface area contributed by atoms with Crippen LogP contribution in [0, 0.1) is 0 Å². The summed E-state index contributed by atoms with van der Waals surface area (Å²) < 4.78 is 40.9. The van der Waals surface area contributed by atoms with Crippen molar-refractivity contribution in [1.29, 1.82) is 0 Å². The van der Waals surface area contributed by atoms with Crippen LogP contribution in [0.3, 0.4) is 0 Å². The van der Waals surface area contributed by atoms with Crippen LogP contribution in [0.15, 0.2) is 55.1 Å². The molecule has 2 N–H and O–H groups in total. The maximum Gasteiger partial charge on any atom is 0.416 e. The van der Waals surface area contributed by atoms with E-state index in [-0.39, 0.29) is 12.2 Å². The molecule has 0 atom stereocenters. The summed E-state index contributed by atoms with van der Waals surface area (Å²) in [6.07, 6.45) is 3.29. The molecule has 1 aliphatic carbocycles. The number of hydrogen-bond donors (Lipinski definition) is 2. The monoisotopic (exact) mass is 400 g/mol. The Morgan fingerprint density at radius 3 is 2.69 bits per heavy atom. The minimum absolute atomic E-state index is 0.0571. The number of carbonyl (C=O) groups excluding carboxylic acids is 1. The third kappa shape index (κ3) is 4.26. The van der Waals surface area contributed by atoms with Crippen LogP contribution in [0.2, 0.25) is 0 Å². The highest BCUT2D eigenvalue weighted by molar-refractivity contribution is 5.95. The lowest BCUT2D eigenvalue weighted by molar-refractivity contribution is -0.137. The lowest BCUT2D eigenvalue weighted by atomic mass is 10.1. The number of alkyl halides is 3. The van der Waals surface area contributed by atoms with Crippen molar-refractivity contribution in [2.45, 2.75) is 25.4 Å². The summed E-state index contributed by atoms with van der Waals surface area (Å²) in [4.78, 5) is 16.3. The van der Waals surface area contributed by atoms with E-state index in [1.165, 1.54) is 29.7 Å². The molecule has 0 saturated carbocycles. The van der Waals surface area contributed by atoms with Gasteiger partial charge >= 0.3 is 6.18 Å². The lowest BCUT2D eigenvalue weighted by Gasteiger charge is -2.15. The Balaban J connectivity index is 1.50. The Labute approximate surface area is 165 Å². The molecule has 0 unspecified atom stereocenters. The van der Waals surface area contributed by atoms with Crippen molar-refractivity contribution in [3.63, 3.8) is 0 Å². The number of nitrogens with zero attached hydrogens (tertiary/aromatic N) is 2. The average Bonchev–Trinajstić information content (AvgIpc) is 3.37. The van der Waals surface area contributed by atoms with Crippen molar-refractivity contribution < 1.29 is 18.0 Å². The molecule has 1 heterocycles. The van der Waals surface area contributed by atoms with Crippen LogP contribution in [0.1, 0.15) is 23.1 Å². The van der Waals surface area contributed by atoms with Gasteiger partial charge in [0.15, 0.2) is 0 Å². The molecule has 150 valence electrons. The SMILES string of the molecule is O=C(CNc1ccc2c(c1)CCC2)Nc1cc(C(F)(F)F)ccc1-n1ccnc1. The highest BCUT2D eigenvalue weighted by Crippen LogP contribution is 2.33. The van der Waals surface area contributed by atoms with Crippen molar-refractivity contribution >= 4 is 17.3 Å². The van der Waals surface area contributed by atoms with E-state index in [1.807, 2.05) is 18.2 Å². The summed E-state index contributed by atoms with van der Waals surface area (Å²) in [5, 5.41) is 5.62. The molecule has 1 aromatic heterocycles. The first kappa shape index (κ1) is 19.0. The van der Waals surface area contributed by atoms with Gasteiger partial charge < -0.3 is 15.2 Å². The van der Waals surface area contributed by atoms with Gasteiger partial charge in [-0.25, -0.2) is 4.98 Å². The smallest absolute Gasteiger partial charge is 0.376 e. The molecular weight excluding hydrogens is 381 g/mol. The van der Waals surface area contributed by atoms with Crippen LogP contribution in [-0.4, -0.2) is 22.0 Å². The molecule has 0 saturated heterocycles. The summed E-state index contributed by atoms with van der Waals surface area (Å²) in [6.45, 7) is -0.0571. The standard InChI is InChI=1S/C21H19F3N4O/c22-21(23,24)16-5-7-19(28-9-8-25-13-28)18(11-16)27-20(29)12-26-17-6-4-14-2-1-3-15(14)10-17/h4-11,13,26H,1-3,12H2,(H,27,29). The molecule has 1 aliphatic rings. The Kier molecular flexibility index (Phi) is 5.00. The fourth-order valence-electron chi connectivity index (χ4n) is 3.50. The summed E-state index contributed by atoms with van der Waals surface area (Å²) in [6, 6.07) is 9.21. The van der Waals surface area contributed by atoms with E-state index in [0.717, 1.165) is 37.1 Å². The van der Waals surface area contributed by atoms with E-state index in [9.17, 15) is 18.0 Å². The molecule has 8 heteroatoms. The minimum atomic E-state index is -4.50. The third-order valence-corrected chi connectivity index (χ3v) is 4.93. The van der Waals surface area contributed by atoms with Crippen LogP contribution < -0.4 is 10.6 Å². The van der Waals surface area contributed by atoms with E-state index < -0.39 is 17.6 Å². The predicted molar refractivity (Wildman–Crippen MR) is 104 cm³/mol. The Morgan fingerprint density at radius 2 is 1.93 bits per heavy atom. The van der Waals surface area contributed by atoms with Crippen molar-refractivity contribution in [1.82, 2.24) is 9.55 Å². The van der Waals surface area contributed by atoms with Crippen LogP contribution >= 0.6 is 0 Å². The first-order valence-corrected chi connectivity index (χ1v) is 9.25. The number of benzene rings is 2. The van der Waals surface area contributed by atoms with E-state index in [0.29, 0.717) is 5.69 Å². The third-order valence-electron chi connectivity index (χ3n) is 4.93. The largest absolute Gasteiger partial charge is 0.416 e. The summed E-state index contributed by atoms with van der Waals surface area (Å²) in [7, 11) is 0. The molecule has 0 fully saturated rings. The zero-order valence-electron chi connectivity index (χ0n) is 15.5. The van der Waals surface area contributed by atoms with Gasteiger partial charge in [0.1, 0.15) is 0 Å². The molecule has 5 nitrogen and oxygen atoms in total. The van der Waals surface area contributed by atoms with Crippen molar-refractivity contribution in [3.05, 3.63) is 71.8 Å². The number of fused-ring (bicyclic) bond motifs is 1. The van der Waals surface area contributed by atoms with E-state index in [1.54, 1.807) is 10.8 Å². The van der Waals surface area contributed by atoms with Gasteiger partial charge in [0.25, 0.3) is 0 Å². The number of nitrogens with one attached hydrogen (secondary N) is 2. The number of imidazole rings is 1. The molecule has 4 rings (SSSR count). The van der Waals surface area contributed by atoms with Crippen LogP contribution in [0.25, 0.3) is 5.69 Å². The Morgan fingerprint density at radius 1 is 1.10 bits per heavy atom. The number of rotatable bonds is 5. The molecule has 29 heavy (non-hydrogen) atoms. The molecule has 0 aliphatic heterocycles. The summed E-state index contributed by atoms with van der Waals surface area (Å²) in [5.74, 6) is -0.439. The normalized spacial score (nSPS) is 13.2. The van der Waals surface area contributed by atoms with Gasteiger partial charge in [-0.2, -0.15) is 13.2 Å². The summed E-state index contributed by atoms with van der Waals surface area (Å²) in [5.41, 5.74) is 3.06. The fourth-order valence-corrected chi connectivity index (χ4v) is 3.50. The fraction of sp³-hybridized carbons (Fsp3) is 0.238. The number of halogens is 3. The number of anilines is 2. The Bertz CT molecular complexity index is 1030. The molecule has 0 radical (unpaired) electrons. The molecular formula is C21H19F3N4O. The van der Waals surface area contributed by atoms with E-state index in [4.69, 9.17) is 0 Å². The lowest BCUT2D eigenvalue weighted by Crippen LogP contribution is -2.23. The molecule has 0 bridgehead atoms. The van der Waals surface area contributed by atoms with Crippen molar-refractivity contribution in [3.8, 4) is 5.69 Å². The maximum absolute atomic E-state index is 13.1. The second kappa shape index (κ2) is 7.62. The van der Waals surface area contributed by atoms with Crippen molar-refractivity contribution in [2.75, 3.05) is 17.2 Å². The van der Waals surface area contributed by atoms with Gasteiger partial charge in [-0.15, -0.1) is 0 Å². The predicted octanol–water partition coefficient (Wildman–Crippen LogP) is 4.43. The first-order valence-electron chi connectivity index (χ1n) is 9.25. The molecule has 2 aromatic carbocycles. The second-order valence-corrected chi connectivity index (χ2v) is 6.94. The van der Waals surface area contributed by atoms with Crippen LogP contribution in [0.4, 0.5) is 24.5 Å². The molecule has 1 amide bonds. The minimum Gasteiger partial charge on any atom is -0.376 e. The van der Waals surface area contributed by atoms with Gasteiger partial charge in [-0.05, 0) is 60.7 Å². The topological polar surface area (TPSA) is 59.0 Å². The van der Waals surface area contributed by atoms with Crippen LogP contribution in [-0.2, 0) is 23.8 Å². The quantitative estimate of drug-likeness (QED) is 0.666. The summed E-state index contributed by atoms with van der Waals surface area (Å²) >= 11 is 0. The van der Waals surface area contributed by atoms with E-state index >= 15 is 0 Å². The zero-order chi connectivity index (χ0) is 20.4. The number of carbonyl (C=O) groups is 1. The van der Waals surface area contributed by atoms with Crippen LogP contribution in [0.5, 0.6) is 0 Å². The maximum atomic E-state index is 13.1. The second-order valence-electron chi connectivity index (χ2n) is 6.94. The first-order chi connectivity index (χ1) is 13.9. The zero-order valence-corrected chi connectivity index (χ0v) is 15.5. The number of aryl methyl sites for hydroxylation is 2. The average molecular weight is 400 g/mol. The van der Waals surface area contributed by atoms with Gasteiger partial charge in [0.05, 0.1) is 29.8 Å². The number of aromatic nitrogens is 2. The van der Waals surface area contributed by atoms with Crippen molar-refractivity contribution in [2.24, 2.45) is 0 Å². The van der Waals surface area contributed by atoms with Gasteiger partial charge in [0, 0.05) is 18.1 Å². The molecule has 0 spiro atoms. The molecule has 3 aromatic rings. The van der Waals surface area contributed by atoms with Gasteiger partial charge in [-0.1, -0.05) is 6.07 Å². The van der Waals surface area contributed by atoms with E-state index in [2.05, 4.69) is 15.6 Å². The highest BCUT2D eigenvalue weighted by Gasteiger charge is 2.31. The number of amides is 1. The van der Waals surface area contributed by atoms with Gasteiger partial charge in [0.2, 0.25) is 5.91 Å². The Hall–Kier alpha value is -3.29.